The van der Waals surface area contributed by atoms with Gasteiger partial charge in [0.15, 0.2) is 0 Å². The summed E-state index contributed by atoms with van der Waals surface area (Å²) in [6, 6.07) is 3.11. The molecule has 1 rings (SSSR count). The molecule has 0 fully saturated rings. The first-order chi connectivity index (χ1) is 9.76. The number of aliphatic carboxylic acids is 1. The summed E-state index contributed by atoms with van der Waals surface area (Å²) in [7, 11) is 0. The summed E-state index contributed by atoms with van der Waals surface area (Å²) in [4.78, 5) is 27.1. The quantitative estimate of drug-likeness (QED) is 0.804. The van der Waals surface area contributed by atoms with E-state index in [0.717, 1.165) is 6.42 Å². The zero-order valence-corrected chi connectivity index (χ0v) is 12.8. The molecule has 0 aliphatic rings. The van der Waals surface area contributed by atoms with Gasteiger partial charge < -0.3 is 15.2 Å². The van der Waals surface area contributed by atoms with Gasteiger partial charge in [-0.15, -0.1) is 0 Å². The maximum absolute atomic E-state index is 12.0. The summed E-state index contributed by atoms with van der Waals surface area (Å²) in [5.41, 5.74) is -0.622. The fourth-order valence-corrected chi connectivity index (χ4v) is 1.38. The van der Waals surface area contributed by atoms with Crippen molar-refractivity contribution in [2.45, 2.75) is 40.2 Å². The van der Waals surface area contributed by atoms with Gasteiger partial charge in [-0.1, -0.05) is 6.92 Å². The molecular weight excluding hydrogens is 272 g/mol. The highest BCUT2D eigenvalue weighted by molar-refractivity contribution is 5.94. The van der Waals surface area contributed by atoms with E-state index in [1.165, 1.54) is 6.20 Å². The fourth-order valence-electron chi connectivity index (χ4n) is 1.38. The van der Waals surface area contributed by atoms with Crippen molar-refractivity contribution in [3.63, 3.8) is 0 Å². The lowest BCUT2D eigenvalue weighted by Gasteiger charge is -2.19. The number of aromatic nitrogens is 1. The Morgan fingerprint density at radius 3 is 2.71 bits per heavy atom. The van der Waals surface area contributed by atoms with Crippen molar-refractivity contribution in [2.75, 3.05) is 6.54 Å². The first kappa shape index (κ1) is 16.9. The summed E-state index contributed by atoms with van der Waals surface area (Å²) in [5, 5.41) is 11.6. The Kier molecular flexibility index (Phi) is 5.69. The summed E-state index contributed by atoms with van der Waals surface area (Å²) in [6.45, 7) is 7.07. The van der Waals surface area contributed by atoms with Gasteiger partial charge in [0, 0.05) is 24.4 Å². The molecule has 1 aromatic rings. The molecule has 0 saturated carbocycles. The summed E-state index contributed by atoms with van der Waals surface area (Å²) in [5.74, 6) is -0.923. The minimum Gasteiger partial charge on any atom is -0.481 e. The second-order valence-electron chi connectivity index (χ2n) is 5.59. The zero-order valence-electron chi connectivity index (χ0n) is 12.8. The third-order valence-corrected chi connectivity index (χ3v) is 3.16. The Labute approximate surface area is 124 Å². The van der Waals surface area contributed by atoms with Gasteiger partial charge in [0.1, 0.15) is 0 Å². The van der Waals surface area contributed by atoms with Crippen molar-refractivity contribution in [3.8, 4) is 5.88 Å². The highest BCUT2D eigenvalue weighted by atomic mass is 16.5. The number of rotatable bonds is 7. The Morgan fingerprint density at radius 1 is 1.48 bits per heavy atom. The van der Waals surface area contributed by atoms with E-state index in [2.05, 4.69) is 10.3 Å². The van der Waals surface area contributed by atoms with Crippen molar-refractivity contribution in [1.29, 1.82) is 0 Å². The molecule has 0 radical (unpaired) electrons. The molecule has 6 nitrogen and oxygen atoms in total. The van der Waals surface area contributed by atoms with Gasteiger partial charge in [0.05, 0.1) is 11.5 Å². The van der Waals surface area contributed by atoms with Crippen LogP contribution in [0.4, 0.5) is 0 Å². The topological polar surface area (TPSA) is 88.5 Å². The number of ether oxygens (including phenoxy) is 1. The van der Waals surface area contributed by atoms with Crippen LogP contribution in [-0.4, -0.2) is 34.6 Å². The van der Waals surface area contributed by atoms with Crippen molar-refractivity contribution in [2.24, 2.45) is 5.41 Å². The average molecular weight is 294 g/mol. The van der Waals surface area contributed by atoms with Gasteiger partial charge in [0.2, 0.25) is 5.88 Å². The Bertz CT molecular complexity index is 514. The van der Waals surface area contributed by atoms with E-state index in [-0.39, 0.29) is 18.6 Å². The molecule has 21 heavy (non-hydrogen) atoms. The van der Waals surface area contributed by atoms with E-state index >= 15 is 0 Å². The largest absolute Gasteiger partial charge is 0.481 e. The minimum absolute atomic E-state index is 0.0155. The molecule has 0 spiro atoms. The van der Waals surface area contributed by atoms with E-state index in [9.17, 15) is 9.59 Å². The molecule has 2 N–H and O–H groups in total. The van der Waals surface area contributed by atoms with E-state index in [0.29, 0.717) is 11.4 Å². The lowest BCUT2D eigenvalue weighted by Crippen LogP contribution is -2.38. The number of nitrogens with zero attached hydrogens (tertiary/aromatic N) is 1. The molecule has 0 bridgehead atoms. The number of hydrogen-bond acceptors (Lipinski definition) is 4. The van der Waals surface area contributed by atoms with Crippen molar-refractivity contribution >= 4 is 11.9 Å². The molecule has 1 aromatic heterocycles. The lowest BCUT2D eigenvalue weighted by molar-refractivity contribution is -0.146. The van der Waals surface area contributed by atoms with Gasteiger partial charge in [-0.2, -0.15) is 0 Å². The minimum atomic E-state index is -1.02. The first-order valence-electron chi connectivity index (χ1n) is 6.90. The Hall–Kier alpha value is -2.11. The van der Waals surface area contributed by atoms with Crippen LogP contribution in [0, 0.1) is 5.41 Å². The van der Waals surface area contributed by atoms with E-state index in [1.54, 1.807) is 26.0 Å². The van der Waals surface area contributed by atoms with Gasteiger partial charge in [-0.25, -0.2) is 4.98 Å². The molecule has 1 heterocycles. The molecule has 1 amide bonds. The van der Waals surface area contributed by atoms with Crippen LogP contribution < -0.4 is 10.1 Å². The molecule has 0 aliphatic heterocycles. The summed E-state index contributed by atoms with van der Waals surface area (Å²) in [6.07, 6.45) is 2.35. The van der Waals surface area contributed by atoms with Crippen LogP contribution in [0.3, 0.4) is 0 Å². The Balaban J connectivity index is 2.70. The van der Waals surface area contributed by atoms with Gasteiger partial charge in [-0.3, -0.25) is 9.59 Å². The maximum atomic E-state index is 12.0. The van der Waals surface area contributed by atoms with Crippen molar-refractivity contribution < 1.29 is 19.4 Å². The predicted octanol–water partition coefficient (Wildman–Crippen LogP) is 2.10. The monoisotopic (exact) mass is 294 g/mol. The van der Waals surface area contributed by atoms with Crippen LogP contribution in [0.25, 0.3) is 0 Å². The van der Waals surface area contributed by atoms with Gasteiger partial charge in [-0.05, 0) is 33.3 Å². The SMILES string of the molecule is CCC(C)Oc1cc(C(=O)NCC(C)(C)C(=O)O)ccn1. The molecule has 1 atom stereocenters. The van der Waals surface area contributed by atoms with E-state index < -0.39 is 11.4 Å². The molecule has 6 heteroatoms. The standard InChI is InChI=1S/C15H22N2O4/c1-5-10(2)21-12-8-11(6-7-16-12)13(18)17-9-15(3,4)14(19)20/h6-8,10H,5,9H2,1-4H3,(H,17,18)(H,19,20). The maximum Gasteiger partial charge on any atom is 0.310 e. The van der Waals surface area contributed by atoms with Crippen LogP contribution in [0.1, 0.15) is 44.5 Å². The van der Waals surface area contributed by atoms with Crippen LogP contribution in [-0.2, 0) is 4.79 Å². The predicted molar refractivity (Wildman–Crippen MR) is 78.4 cm³/mol. The highest BCUT2D eigenvalue weighted by Crippen LogP contribution is 2.15. The van der Waals surface area contributed by atoms with Gasteiger partial charge >= 0.3 is 5.97 Å². The van der Waals surface area contributed by atoms with Crippen molar-refractivity contribution in [3.05, 3.63) is 23.9 Å². The third kappa shape index (κ3) is 5.06. The summed E-state index contributed by atoms with van der Waals surface area (Å²) >= 11 is 0. The van der Waals surface area contributed by atoms with Crippen LogP contribution in [0.5, 0.6) is 5.88 Å². The smallest absolute Gasteiger partial charge is 0.310 e. The Morgan fingerprint density at radius 2 is 2.14 bits per heavy atom. The molecule has 0 aromatic carbocycles. The molecule has 1 unspecified atom stereocenters. The number of carbonyl (C=O) groups is 2. The molecule has 116 valence electrons. The van der Waals surface area contributed by atoms with Crippen LogP contribution >= 0.6 is 0 Å². The second-order valence-corrected chi connectivity index (χ2v) is 5.59. The molecule has 0 saturated heterocycles. The van der Waals surface area contributed by atoms with E-state index in [4.69, 9.17) is 9.84 Å². The third-order valence-electron chi connectivity index (χ3n) is 3.16. The molecular formula is C15H22N2O4. The van der Waals surface area contributed by atoms with Crippen LogP contribution in [0.2, 0.25) is 0 Å². The average Bonchev–Trinajstić information content (AvgIpc) is 2.44. The molecule has 0 aliphatic carbocycles. The first-order valence-corrected chi connectivity index (χ1v) is 6.90. The fraction of sp³-hybridized carbons (Fsp3) is 0.533. The van der Waals surface area contributed by atoms with Crippen LogP contribution in [0.15, 0.2) is 18.3 Å². The highest BCUT2D eigenvalue weighted by Gasteiger charge is 2.27. The van der Waals surface area contributed by atoms with Crippen molar-refractivity contribution in [1.82, 2.24) is 10.3 Å². The zero-order chi connectivity index (χ0) is 16.0. The summed E-state index contributed by atoms with van der Waals surface area (Å²) < 4.78 is 5.55. The number of amides is 1. The second kappa shape index (κ2) is 7.06. The number of carboxylic acid groups (broad SMARTS) is 1. The number of pyridine rings is 1. The lowest BCUT2D eigenvalue weighted by atomic mass is 9.94. The van der Waals surface area contributed by atoms with Gasteiger partial charge in [0.25, 0.3) is 5.91 Å². The number of carbonyl (C=O) groups excluding carboxylic acids is 1. The normalized spacial score (nSPS) is 12.6. The number of hydrogen-bond donors (Lipinski definition) is 2. The number of nitrogens with one attached hydrogen (secondary N) is 1. The number of carboxylic acids is 1. The van der Waals surface area contributed by atoms with E-state index in [1.807, 2.05) is 13.8 Å².